The maximum Gasteiger partial charge on any atom is 0.0704 e. The van der Waals surface area contributed by atoms with Crippen LogP contribution >= 0.6 is 15.9 Å². The molecule has 2 unspecified atom stereocenters. The Hall–Kier alpha value is 0.400. The molecule has 0 radical (unpaired) electrons. The van der Waals surface area contributed by atoms with Gasteiger partial charge in [-0.05, 0) is 38.5 Å². The minimum absolute atomic E-state index is 0.431. The number of alkyl halides is 1. The Labute approximate surface area is 94.5 Å². The fraction of sp³-hybridized carbons (Fsp3) is 1.00. The molecule has 0 bridgehead atoms. The van der Waals surface area contributed by atoms with Gasteiger partial charge < -0.3 is 9.47 Å². The van der Waals surface area contributed by atoms with Crippen molar-refractivity contribution >= 4 is 15.9 Å². The maximum atomic E-state index is 5.76. The Morgan fingerprint density at radius 3 is 2.21 bits per heavy atom. The molecule has 0 heterocycles. The van der Waals surface area contributed by atoms with Crippen LogP contribution in [0.1, 0.15) is 38.5 Å². The third-order valence-electron chi connectivity index (χ3n) is 3.19. The van der Waals surface area contributed by atoms with Crippen molar-refractivity contribution in [2.45, 2.75) is 55.6 Å². The topological polar surface area (TPSA) is 18.5 Å². The van der Waals surface area contributed by atoms with Crippen molar-refractivity contribution in [1.29, 1.82) is 0 Å². The molecule has 0 aliphatic heterocycles. The summed E-state index contributed by atoms with van der Waals surface area (Å²) in [5.41, 5.74) is 0. The summed E-state index contributed by atoms with van der Waals surface area (Å²) >= 11 is 3.64. The standard InChI is InChI=1S/C11H19BrO2/c12-10-5-2-6-11(10)14-8-7-13-9-3-1-4-9/h9-11H,1-8H2. The largest absolute Gasteiger partial charge is 0.376 e. The average molecular weight is 263 g/mol. The number of rotatable bonds is 5. The van der Waals surface area contributed by atoms with Crippen LogP contribution in [0.2, 0.25) is 0 Å². The molecule has 0 aromatic heterocycles. The minimum Gasteiger partial charge on any atom is -0.376 e. The zero-order valence-electron chi connectivity index (χ0n) is 8.58. The monoisotopic (exact) mass is 262 g/mol. The van der Waals surface area contributed by atoms with Gasteiger partial charge >= 0.3 is 0 Å². The van der Waals surface area contributed by atoms with E-state index in [1.807, 2.05) is 0 Å². The van der Waals surface area contributed by atoms with Crippen LogP contribution in [-0.4, -0.2) is 30.2 Å². The Kier molecular flexibility index (Phi) is 4.26. The molecule has 2 aliphatic rings. The van der Waals surface area contributed by atoms with Crippen LogP contribution in [0.4, 0.5) is 0 Å². The quantitative estimate of drug-likeness (QED) is 0.561. The number of ether oxygens (including phenoxy) is 2. The van der Waals surface area contributed by atoms with Crippen molar-refractivity contribution in [2.75, 3.05) is 13.2 Å². The van der Waals surface area contributed by atoms with Gasteiger partial charge in [-0.15, -0.1) is 0 Å². The third kappa shape index (κ3) is 2.94. The van der Waals surface area contributed by atoms with E-state index < -0.39 is 0 Å². The first-order valence-corrected chi connectivity index (χ1v) is 6.65. The van der Waals surface area contributed by atoms with E-state index in [-0.39, 0.29) is 0 Å². The van der Waals surface area contributed by atoms with E-state index in [4.69, 9.17) is 9.47 Å². The Morgan fingerprint density at radius 1 is 0.929 bits per heavy atom. The molecular formula is C11H19BrO2. The summed E-state index contributed by atoms with van der Waals surface area (Å²) in [6.45, 7) is 1.55. The lowest BCUT2D eigenvalue weighted by atomic mass is 9.96. The number of hydrogen-bond donors (Lipinski definition) is 0. The minimum atomic E-state index is 0.431. The Morgan fingerprint density at radius 2 is 1.64 bits per heavy atom. The predicted octanol–water partition coefficient (Wildman–Crippen LogP) is 2.89. The van der Waals surface area contributed by atoms with E-state index in [2.05, 4.69) is 15.9 Å². The van der Waals surface area contributed by atoms with Crippen LogP contribution in [0.5, 0.6) is 0 Å². The van der Waals surface area contributed by atoms with Gasteiger partial charge in [0, 0.05) is 4.83 Å². The molecule has 2 nitrogen and oxygen atoms in total. The first-order chi connectivity index (χ1) is 6.86. The van der Waals surface area contributed by atoms with Crippen LogP contribution in [0, 0.1) is 0 Å². The van der Waals surface area contributed by atoms with Crippen molar-refractivity contribution in [3.05, 3.63) is 0 Å². The molecule has 2 atom stereocenters. The first-order valence-electron chi connectivity index (χ1n) is 5.73. The molecule has 14 heavy (non-hydrogen) atoms. The summed E-state index contributed by atoms with van der Waals surface area (Å²) in [7, 11) is 0. The van der Waals surface area contributed by atoms with Crippen molar-refractivity contribution in [3.63, 3.8) is 0 Å². The van der Waals surface area contributed by atoms with E-state index in [0.29, 0.717) is 17.0 Å². The van der Waals surface area contributed by atoms with Gasteiger partial charge in [0.2, 0.25) is 0 Å². The van der Waals surface area contributed by atoms with Crippen LogP contribution < -0.4 is 0 Å². The molecule has 82 valence electrons. The van der Waals surface area contributed by atoms with E-state index in [0.717, 1.165) is 13.2 Å². The van der Waals surface area contributed by atoms with Gasteiger partial charge in [0.05, 0.1) is 25.4 Å². The van der Waals surface area contributed by atoms with Gasteiger partial charge in [-0.25, -0.2) is 0 Å². The van der Waals surface area contributed by atoms with E-state index in [1.165, 1.54) is 38.5 Å². The third-order valence-corrected chi connectivity index (χ3v) is 4.24. The highest BCUT2D eigenvalue weighted by atomic mass is 79.9. The first kappa shape index (κ1) is 10.9. The van der Waals surface area contributed by atoms with Crippen molar-refractivity contribution in [1.82, 2.24) is 0 Å². The summed E-state index contributed by atoms with van der Waals surface area (Å²) in [5.74, 6) is 0. The molecule has 0 spiro atoms. The smallest absolute Gasteiger partial charge is 0.0704 e. The average Bonchev–Trinajstić information content (AvgIpc) is 2.48. The molecule has 0 N–H and O–H groups in total. The van der Waals surface area contributed by atoms with E-state index >= 15 is 0 Å². The Bertz CT molecular complexity index is 171. The van der Waals surface area contributed by atoms with Crippen LogP contribution in [0.3, 0.4) is 0 Å². The van der Waals surface area contributed by atoms with Gasteiger partial charge in [-0.3, -0.25) is 0 Å². The fourth-order valence-electron chi connectivity index (χ4n) is 2.02. The SMILES string of the molecule is BrC1CCCC1OCCOC1CCC1. The molecule has 0 aromatic rings. The zero-order valence-corrected chi connectivity index (χ0v) is 10.2. The summed E-state index contributed by atoms with van der Waals surface area (Å²) in [6.07, 6.45) is 8.59. The zero-order chi connectivity index (χ0) is 9.80. The molecular weight excluding hydrogens is 244 g/mol. The number of hydrogen-bond acceptors (Lipinski definition) is 2. The van der Waals surface area contributed by atoms with Gasteiger partial charge in [-0.2, -0.15) is 0 Å². The molecule has 0 amide bonds. The van der Waals surface area contributed by atoms with Crippen molar-refractivity contribution in [3.8, 4) is 0 Å². The molecule has 2 aliphatic carbocycles. The van der Waals surface area contributed by atoms with Crippen molar-refractivity contribution in [2.24, 2.45) is 0 Å². The fourth-order valence-corrected chi connectivity index (χ4v) is 2.76. The highest BCUT2D eigenvalue weighted by molar-refractivity contribution is 9.09. The molecule has 3 heteroatoms. The van der Waals surface area contributed by atoms with E-state index in [1.54, 1.807) is 0 Å². The second-order valence-electron chi connectivity index (χ2n) is 4.28. The molecule has 2 fully saturated rings. The lowest BCUT2D eigenvalue weighted by Gasteiger charge is -2.25. The van der Waals surface area contributed by atoms with Crippen LogP contribution in [0.25, 0.3) is 0 Å². The van der Waals surface area contributed by atoms with Gasteiger partial charge in [0.1, 0.15) is 0 Å². The lowest BCUT2D eigenvalue weighted by Crippen LogP contribution is -2.25. The van der Waals surface area contributed by atoms with Gasteiger partial charge in [0.15, 0.2) is 0 Å². The summed E-state index contributed by atoms with van der Waals surface area (Å²) in [6, 6.07) is 0. The second kappa shape index (κ2) is 5.47. The maximum absolute atomic E-state index is 5.76. The van der Waals surface area contributed by atoms with Crippen LogP contribution in [0.15, 0.2) is 0 Å². The highest BCUT2D eigenvalue weighted by Gasteiger charge is 2.25. The summed E-state index contributed by atoms with van der Waals surface area (Å²) < 4.78 is 11.4. The Balaban J connectivity index is 1.49. The molecule has 2 saturated carbocycles. The van der Waals surface area contributed by atoms with Gasteiger partial charge in [0.25, 0.3) is 0 Å². The van der Waals surface area contributed by atoms with Crippen LogP contribution in [-0.2, 0) is 9.47 Å². The van der Waals surface area contributed by atoms with Gasteiger partial charge in [-0.1, -0.05) is 15.9 Å². The summed E-state index contributed by atoms with van der Waals surface area (Å²) in [5, 5.41) is 0. The highest BCUT2D eigenvalue weighted by Crippen LogP contribution is 2.28. The molecule has 0 aromatic carbocycles. The number of halogens is 1. The van der Waals surface area contributed by atoms with Crippen molar-refractivity contribution < 1.29 is 9.47 Å². The lowest BCUT2D eigenvalue weighted by molar-refractivity contribution is -0.0431. The van der Waals surface area contributed by atoms with E-state index in [9.17, 15) is 0 Å². The molecule has 0 saturated heterocycles. The predicted molar refractivity (Wildman–Crippen MR) is 59.9 cm³/mol. The summed E-state index contributed by atoms with van der Waals surface area (Å²) in [4.78, 5) is 0.575. The molecule has 2 rings (SSSR count). The normalized spacial score (nSPS) is 33.2. The second-order valence-corrected chi connectivity index (χ2v) is 5.46.